The van der Waals surface area contributed by atoms with Gasteiger partial charge in [-0.2, -0.15) is 0 Å². The number of aromatic nitrogens is 2. The zero-order valence-corrected chi connectivity index (χ0v) is 14.9. The van der Waals surface area contributed by atoms with Gasteiger partial charge >= 0.3 is 0 Å². The SMILES string of the molecule is Cc1cc(-n2c(C)cc(C(=O)Nc3cccc4ccccc34)c2C)no1. The van der Waals surface area contributed by atoms with E-state index < -0.39 is 0 Å². The van der Waals surface area contributed by atoms with Gasteiger partial charge in [-0.15, -0.1) is 0 Å². The third kappa shape index (κ3) is 2.67. The molecular weight excluding hydrogens is 326 g/mol. The Morgan fingerprint density at radius 2 is 1.81 bits per heavy atom. The number of nitrogens with one attached hydrogen (secondary N) is 1. The summed E-state index contributed by atoms with van der Waals surface area (Å²) in [4.78, 5) is 12.9. The van der Waals surface area contributed by atoms with E-state index in [2.05, 4.69) is 10.5 Å². The van der Waals surface area contributed by atoms with Gasteiger partial charge in [-0.1, -0.05) is 41.6 Å². The van der Waals surface area contributed by atoms with Crippen LogP contribution in [-0.4, -0.2) is 15.6 Å². The first-order valence-corrected chi connectivity index (χ1v) is 8.46. The van der Waals surface area contributed by atoms with Gasteiger partial charge in [-0.25, -0.2) is 0 Å². The fourth-order valence-corrected chi connectivity index (χ4v) is 3.33. The number of rotatable bonds is 3. The van der Waals surface area contributed by atoms with Crippen LogP contribution in [0.3, 0.4) is 0 Å². The van der Waals surface area contributed by atoms with E-state index in [1.165, 1.54) is 0 Å². The fourth-order valence-electron chi connectivity index (χ4n) is 3.33. The van der Waals surface area contributed by atoms with Crippen molar-refractivity contribution in [1.29, 1.82) is 0 Å². The number of fused-ring (bicyclic) bond motifs is 1. The molecule has 2 aromatic carbocycles. The highest BCUT2D eigenvalue weighted by Gasteiger charge is 2.19. The standard InChI is InChI=1S/C21H19N3O2/c1-13-11-18(15(3)24(13)20-12-14(2)26-23-20)21(25)22-19-10-6-8-16-7-4-5-9-17(16)19/h4-12H,1-3H3,(H,22,25). The van der Waals surface area contributed by atoms with Gasteiger partial charge in [-0.05, 0) is 38.3 Å². The number of hydrogen-bond acceptors (Lipinski definition) is 3. The first kappa shape index (κ1) is 16.1. The van der Waals surface area contributed by atoms with Crippen LogP contribution >= 0.6 is 0 Å². The minimum atomic E-state index is -0.138. The summed E-state index contributed by atoms with van der Waals surface area (Å²) in [6.45, 7) is 5.71. The minimum Gasteiger partial charge on any atom is -0.360 e. The number of benzene rings is 2. The summed E-state index contributed by atoms with van der Waals surface area (Å²) >= 11 is 0. The molecule has 2 heterocycles. The third-order valence-electron chi connectivity index (χ3n) is 4.56. The molecule has 0 radical (unpaired) electrons. The second-order valence-corrected chi connectivity index (χ2v) is 6.40. The molecule has 0 unspecified atom stereocenters. The third-order valence-corrected chi connectivity index (χ3v) is 4.56. The van der Waals surface area contributed by atoms with E-state index >= 15 is 0 Å². The topological polar surface area (TPSA) is 60.1 Å². The highest BCUT2D eigenvalue weighted by Crippen LogP contribution is 2.25. The molecule has 130 valence electrons. The molecule has 26 heavy (non-hydrogen) atoms. The summed E-state index contributed by atoms with van der Waals surface area (Å²) in [6.07, 6.45) is 0. The van der Waals surface area contributed by atoms with E-state index in [0.29, 0.717) is 11.4 Å². The van der Waals surface area contributed by atoms with Crippen molar-refractivity contribution < 1.29 is 9.32 Å². The summed E-state index contributed by atoms with van der Waals surface area (Å²) in [7, 11) is 0. The van der Waals surface area contributed by atoms with Crippen LogP contribution in [0.1, 0.15) is 27.5 Å². The molecule has 4 rings (SSSR count). The van der Waals surface area contributed by atoms with Gasteiger partial charge in [-0.3, -0.25) is 9.36 Å². The molecule has 4 aromatic rings. The van der Waals surface area contributed by atoms with Gasteiger partial charge in [0.2, 0.25) is 0 Å². The molecule has 0 saturated carbocycles. The zero-order valence-electron chi connectivity index (χ0n) is 14.9. The monoisotopic (exact) mass is 345 g/mol. The molecule has 0 aliphatic carbocycles. The van der Waals surface area contributed by atoms with Crippen LogP contribution in [0.2, 0.25) is 0 Å². The van der Waals surface area contributed by atoms with Crippen molar-refractivity contribution in [3.63, 3.8) is 0 Å². The summed E-state index contributed by atoms with van der Waals surface area (Å²) < 4.78 is 7.10. The molecule has 0 fully saturated rings. The van der Waals surface area contributed by atoms with Gasteiger partial charge in [0, 0.05) is 28.5 Å². The molecule has 2 aromatic heterocycles. The van der Waals surface area contributed by atoms with Crippen molar-refractivity contribution in [2.45, 2.75) is 20.8 Å². The predicted molar refractivity (Wildman–Crippen MR) is 102 cm³/mol. The van der Waals surface area contributed by atoms with Gasteiger partial charge < -0.3 is 9.84 Å². The molecule has 0 aliphatic rings. The molecule has 1 N–H and O–H groups in total. The Hall–Kier alpha value is -3.34. The average Bonchev–Trinajstić information content (AvgIpc) is 3.18. The number of amides is 1. The maximum atomic E-state index is 12.9. The predicted octanol–water partition coefficient (Wildman–Crippen LogP) is 4.80. The van der Waals surface area contributed by atoms with Crippen LogP contribution < -0.4 is 5.32 Å². The number of carbonyl (C=O) groups is 1. The second kappa shape index (κ2) is 6.19. The largest absolute Gasteiger partial charge is 0.360 e. The Labute approximate surface area is 151 Å². The maximum Gasteiger partial charge on any atom is 0.257 e. The van der Waals surface area contributed by atoms with E-state index in [4.69, 9.17) is 4.52 Å². The number of carbonyl (C=O) groups excluding carboxylic acids is 1. The molecule has 0 bridgehead atoms. The Bertz CT molecular complexity index is 1120. The Kier molecular flexibility index (Phi) is 3.84. The Morgan fingerprint density at radius 3 is 2.58 bits per heavy atom. The lowest BCUT2D eigenvalue weighted by Gasteiger charge is -2.09. The van der Waals surface area contributed by atoms with Crippen molar-refractivity contribution in [2.75, 3.05) is 5.32 Å². The van der Waals surface area contributed by atoms with Crippen molar-refractivity contribution in [2.24, 2.45) is 0 Å². The Morgan fingerprint density at radius 1 is 1.04 bits per heavy atom. The van der Waals surface area contributed by atoms with Crippen LogP contribution in [0.25, 0.3) is 16.6 Å². The normalized spacial score (nSPS) is 11.0. The van der Waals surface area contributed by atoms with Crippen LogP contribution in [0.4, 0.5) is 5.69 Å². The smallest absolute Gasteiger partial charge is 0.257 e. The average molecular weight is 345 g/mol. The first-order chi connectivity index (χ1) is 12.5. The molecular formula is C21H19N3O2. The van der Waals surface area contributed by atoms with E-state index in [0.717, 1.165) is 33.6 Å². The molecule has 1 amide bonds. The van der Waals surface area contributed by atoms with E-state index in [1.54, 1.807) is 0 Å². The summed E-state index contributed by atoms with van der Waals surface area (Å²) in [5, 5.41) is 9.21. The van der Waals surface area contributed by atoms with Crippen molar-refractivity contribution in [3.8, 4) is 5.82 Å². The minimum absolute atomic E-state index is 0.138. The zero-order chi connectivity index (χ0) is 18.3. The highest BCUT2D eigenvalue weighted by atomic mass is 16.5. The lowest BCUT2D eigenvalue weighted by molar-refractivity contribution is 0.102. The molecule has 5 nitrogen and oxygen atoms in total. The summed E-state index contributed by atoms with van der Waals surface area (Å²) in [6, 6.07) is 17.6. The van der Waals surface area contributed by atoms with Gasteiger partial charge in [0.1, 0.15) is 5.76 Å². The number of nitrogens with zero attached hydrogens (tertiary/aromatic N) is 2. The van der Waals surface area contributed by atoms with Gasteiger partial charge in [0.25, 0.3) is 5.91 Å². The molecule has 0 atom stereocenters. The molecule has 0 aliphatic heterocycles. The van der Waals surface area contributed by atoms with Crippen molar-refractivity contribution in [1.82, 2.24) is 9.72 Å². The lowest BCUT2D eigenvalue weighted by atomic mass is 10.1. The van der Waals surface area contributed by atoms with Crippen LogP contribution in [0, 0.1) is 20.8 Å². The van der Waals surface area contributed by atoms with E-state index in [9.17, 15) is 4.79 Å². The Balaban J connectivity index is 1.71. The van der Waals surface area contributed by atoms with Crippen molar-refractivity contribution in [3.05, 3.63) is 77.3 Å². The maximum absolute atomic E-state index is 12.9. The first-order valence-electron chi connectivity index (χ1n) is 8.46. The molecule has 0 spiro atoms. The van der Waals surface area contributed by atoms with Crippen molar-refractivity contribution >= 4 is 22.4 Å². The van der Waals surface area contributed by atoms with Crippen LogP contribution in [-0.2, 0) is 0 Å². The number of hydrogen-bond donors (Lipinski definition) is 1. The van der Waals surface area contributed by atoms with Crippen LogP contribution in [0.15, 0.2) is 59.1 Å². The summed E-state index contributed by atoms with van der Waals surface area (Å²) in [5.74, 6) is 1.27. The quantitative estimate of drug-likeness (QED) is 0.580. The molecule has 5 heteroatoms. The van der Waals surface area contributed by atoms with Crippen LogP contribution in [0.5, 0.6) is 0 Å². The summed E-state index contributed by atoms with van der Waals surface area (Å²) in [5.41, 5.74) is 3.18. The lowest BCUT2D eigenvalue weighted by Crippen LogP contribution is -2.13. The van der Waals surface area contributed by atoms with Gasteiger partial charge in [0.15, 0.2) is 5.82 Å². The highest BCUT2D eigenvalue weighted by molar-refractivity contribution is 6.09. The molecule has 0 saturated heterocycles. The van der Waals surface area contributed by atoms with E-state index in [-0.39, 0.29) is 5.91 Å². The second-order valence-electron chi connectivity index (χ2n) is 6.40. The van der Waals surface area contributed by atoms with Gasteiger partial charge in [0.05, 0.1) is 5.56 Å². The fraction of sp³-hybridized carbons (Fsp3) is 0.143. The van der Waals surface area contributed by atoms with E-state index in [1.807, 2.05) is 79.9 Å². The number of anilines is 1. The number of aryl methyl sites for hydroxylation is 2.